The minimum absolute atomic E-state index is 0.0389. The molecule has 0 bridgehead atoms. The van der Waals surface area contributed by atoms with Crippen LogP contribution < -0.4 is 0 Å². The monoisotopic (exact) mass is 248 g/mol. The summed E-state index contributed by atoms with van der Waals surface area (Å²) in [6.45, 7) is 2.65. The van der Waals surface area contributed by atoms with Crippen LogP contribution in [0.2, 0.25) is 0 Å². The van der Waals surface area contributed by atoms with Gasteiger partial charge in [0, 0.05) is 12.8 Å². The van der Waals surface area contributed by atoms with Gasteiger partial charge in [-0.15, -0.1) is 0 Å². The van der Waals surface area contributed by atoms with Crippen molar-refractivity contribution in [2.45, 2.75) is 51.4 Å². The van der Waals surface area contributed by atoms with E-state index in [1.807, 2.05) is 37.3 Å². The van der Waals surface area contributed by atoms with Gasteiger partial charge in [-0.2, -0.15) is 0 Å². The van der Waals surface area contributed by atoms with Crippen molar-refractivity contribution in [3.63, 3.8) is 0 Å². The molecule has 2 rings (SSSR count). The molecule has 0 aliphatic carbocycles. The van der Waals surface area contributed by atoms with Crippen LogP contribution >= 0.6 is 0 Å². The summed E-state index contributed by atoms with van der Waals surface area (Å²) in [5.74, 6) is -0.0680. The van der Waals surface area contributed by atoms with Gasteiger partial charge in [0.25, 0.3) is 0 Å². The molecule has 0 radical (unpaired) electrons. The van der Waals surface area contributed by atoms with Crippen molar-refractivity contribution in [1.29, 1.82) is 0 Å². The first-order chi connectivity index (χ1) is 8.74. The average Bonchev–Trinajstić information content (AvgIpc) is 2.38. The molecule has 98 valence electrons. The fraction of sp³-hybridized carbons (Fsp3) is 0.533. The van der Waals surface area contributed by atoms with Gasteiger partial charge in [-0.1, -0.05) is 30.3 Å². The second-order valence-electron chi connectivity index (χ2n) is 4.85. The Bertz CT molecular complexity index is 375. The highest BCUT2D eigenvalue weighted by molar-refractivity contribution is 5.70. The Morgan fingerprint density at radius 3 is 2.89 bits per heavy atom. The van der Waals surface area contributed by atoms with Crippen molar-refractivity contribution in [3.05, 3.63) is 35.9 Å². The van der Waals surface area contributed by atoms with Crippen LogP contribution in [0.3, 0.4) is 0 Å². The molecule has 0 spiro atoms. The predicted octanol–water partition coefficient (Wildman–Crippen LogP) is 3.08. The molecule has 2 unspecified atom stereocenters. The average molecular weight is 248 g/mol. The quantitative estimate of drug-likeness (QED) is 0.751. The third-order valence-corrected chi connectivity index (χ3v) is 3.18. The van der Waals surface area contributed by atoms with Crippen molar-refractivity contribution in [3.8, 4) is 0 Å². The lowest BCUT2D eigenvalue weighted by Crippen LogP contribution is -2.27. The van der Waals surface area contributed by atoms with E-state index in [-0.39, 0.29) is 18.2 Å². The Morgan fingerprint density at radius 2 is 2.17 bits per heavy atom. The summed E-state index contributed by atoms with van der Waals surface area (Å²) in [4.78, 5) is 11.2. The Morgan fingerprint density at radius 1 is 1.39 bits per heavy atom. The molecule has 0 amide bonds. The maximum atomic E-state index is 11.2. The second kappa shape index (κ2) is 6.55. The van der Waals surface area contributed by atoms with Crippen LogP contribution in [0.4, 0.5) is 0 Å². The van der Waals surface area contributed by atoms with Gasteiger partial charge in [-0.3, -0.25) is 4.79 Å². The van der Waals surface area contributed by atoms with E-state index in [2.05, 4.69) is 0 Å². The number of hydrogen-bond acceptors (Lipinski definition) is 3. The highest BCUT2D eigenvalue weighted by Crippen LogP contribution is 2.19. The molecule has 18 heavy (non-hydrogen) atoms. The van der Waals surface area contributed by atoms with E-state index >= 15 is 0 Å². The standard InChI is InChI=1S/C15H20O3/c1-12(10-14-8-5-9-15(16)18-14)17-11-13-6-3-2-4-7-13/h2-4,6-7,12,14H,5,8-11H2,1H3. The van der Waals surface area contributed by atoms with Crippen molar-refractivity contribution in [2.24, 2.45) is 0 Å². The molecule has 2 atom stereocenters. The van der Waals surface area contributed by atoms with Gasteiger partial charge < -0.3 is 9.47 Å². The minimum Gasteiger partial charge on any atom is -0.462 e. The number of ether oxygens (including phenoxy) is 2. The SMILES string of the molecule is CC(CC1CCCC(=O)O1)OCc1ccccc1. The lowest BCUT2D eigenvalue weighted by molar-refractivity contribution is -0.155. The van der Waals surface area contributed by atoms with E-state index in [1.165, 1.54) is 5.56 Å². The molecule has 1 aromatic carbocycles. The first-order valence-electron chi connectivity index (χ1n) is 6.59. The molecule has 3 nitrogen and oxygen atoms in total. The zero-order valence-electron chi connectivity index (χ0n) is 10.8. The van der Waals surface area contributed by atoms with Gasteiger partial charge in [-0.05, 0) is 25.3 Å². The molecule has 1 heterocycles. The zero-order valence-corrected chi connectivity index (χ0v) is 10.8. The summed E-state index contributed by atoms with van der Waals surface area (Å²) >= 11 is 0. The number of esters is 1. The van der Waals surface area contributed by atoms with Crippen molar-refractivity contribution in [1.82, 2.24) is 0 Å². The normalized spacial score (nSPS) is 21.4. The number of hydrogen-bond donors (Lipinski definition) is 0. The van der Waals surface area contributed by atoms with E-state index in [4.69, 9.17) is 9.47 Å². The molecule has 1 aromatic rings. The third-order valence-electron chi connectivity index (χ3n) is 3.18. The van der Waals surface area contributed by atoms with Crippen LogP contribution in [-0.4, -0.2) is 18.2 Å². The molecular weight excluding hydrogens is 228 g/mol. The van der Waals surface area contributed by atoms with Crippen molar-refractivity contribution < 1.29 is 14.3 Å². The van der Waals surface area contributed by atoms with Gasteiger partial charge in [-0.25, -0.2) is 0 Å². The number of cyclic esters (lactones) is 1. The fourth-order valence-electron chi connectivity index (χ4n) is 2.19. The molecule has 1 fully saturated rings. The third kappa shape index (κ3) is 4.15. The first kappa shape index (κ1) is 13.1. The summed E-state index contributed by atoms with van der Waals surface area (Å²) < 4.78 is 11.1. The van der Waals surface area contributed by atoms with E-state index in [0.717, 1.165) is 19.3 Å². The summed E-state index contributed by atoms with van der Waals surface area (Å²) in [6.07, 6.45) is 3.41. The zero-order chi connectivity index (χ0) is 12.8. The van der Waals surface area contributed by atoms with Gasteiger partial charge >= 0.3 is 5.97 Å². The maximum absolute atomic E-state index is 11.2. The molecule has 1 aliphatic heterocycles. The van der Waals surface area contributed by atoms with Gasteiger partial charge in [0.05, 0.1) is 12.7 Å². The Hall–Kier alpha value is -1.35. The van der Waals surface area contributed by atoms with Gasteiger partial charge in [0.15, 0.2) is 0 Å². The van der Waals surface area contributed by atoms with E-state index < -0.39 is 0 Å². The first-order valence-corrected chi connectivity index (χ1v) is 6.59. The van der Waals surface area contributed by atoms with E-state index in [0.29, 0.717) is 13.0 Å². The van der Waals surface area contributed by atoms with E-state index in [1.54, 1.807) is 0 Å². The number of carbonyl (C=O) groups excluding carboxylic acids is 1. The summed E-state index contributed by atoms with van der Waals surface area (Å²) in [5, 5.41) is 0. The van der Waals surface area contributed by atoms with Crippen LogP contribution in [-0.2, 0) is 20.9 Å². The minimum atomic E-state index is -0.0680. The van der Waals surface area contributed by atoms with Crippen LogP contribution in [0.5, 0.6) is 0 Å². The van der Waals surface area contributed by atoms with Crippen LogP contribution in [0.15, 0.2) is 30.3 Å². The molecule has 1 saturated heterocycles. The van der Waals surface area contributed by atoms with E-state index in [9.17, 15) is 4.79 Å². The highest BCUT2D eigenvalue weighted by atomic mass is 16.5. The lowest BCUT2D eigenvalue weighted by atomic mass is 10.0. The number of rotatable bonds is 5. The molecule has 0 N–H and O–H groups in total. The van der Waals surface area contributed by atoms with Gasteiger partial charge in [0.2, 0.25) is 0 Å². The molecular formula is C15H20O3. The summed E-state index contributed by atoms with van der Waals surface area (Å²) in [6, 6.07) is 10.1. The van der Waals surface area contributed by atoms with Crippen LogP contribution in [0.25, 0.3) is 0 Å². The number of carbonyl (C=O) groups is 1. The largest absolute Gasteiger partial charge is 0.462 e. The van der Waals surface area contributed by atoms with Crippen LogP contribution in [0, 0.1) is 0 Å². The highest BCUT2D eigenvalue weighted by Gasteiger charge is 2.22. The van der Waals surface area contributed by atoms with Crippen molar-refractivity contribution in [2.75, 3.05) is 0 Å². The topological polar surface area (TPSA) is 35.5 Å². The fourth-order valence-corrected chi connectivity index (χ4v) is 2.19. The second-order valence-corrected chi connectivity index (χ2v) is 4.85. The molecule has 0 saturated carbocycles. The van der Waals surface area contributed by atoms with Crippen molar-refractivity contribution >= 4 is 5.97 Å². The molecule has 3 heteroatoms. The summed E-state index contributed by atoms with van der Waals surface area (Å²) in [7, 11) is 0. The van der Waals surface area contributed by atoms with Crippen LogP contribution in [0.1, 0.15) is 38.2 Å². The Labute approximate surface area is 108 Å². The van der Waals surface area contributed by atoms with Gasteiger partial charge in [0.1, 0.15) is 6.10 Å². The maximum Gasteiger partial charge on any atom is 0.306 e. The Balaban J connectivity index is 1.71. The smallest absolute Gasteiger partial charge is 0.306 e. The lowest BCUT2D eigenvalue weighted by Gasteiger charge is -2.25. The molecule has 1 aliphatic rings. The summed E-state index contributed by atoms with van der Waals surface area (Å²) in [5.41, 5.74) is 1.17. The number of benzene rings is 1. The molecule has 0 aromatic heterocycles. The Kier molecular flexibility index (Phi) is 4.76. The predicted molar refractivity (Wildman–Crippen MR) is 69.0 cm³/mol.